The zero-order chi connectivity index (χ0) is 22.0. The first kappa shape index (κ1) is 24.1. The summed E-state index contributed by atoms with van der Waals surface area (Å²) in [6.07, 6.45) is 0.484. The highest BCUT2D eigenvalue weighted by atomic mass is 16.5. The van der Waals surface area contributed by atoms with Crippen molar-refractivity contribution in [2.75, 3.05) is 35.0 Å². The van der Waals surface area contributed by atoms with Gasteiger partial charge in [-0.05, 0) is 24.5 Å². The van der Waals surface area contributed by atoms with Gasteiger partial charge in [0.25, 0.3) is 5.91 Å². The van der Waals surface area contributed by atoms with Crippen molar-refractivity contribution in [1.82, 2.24) is 10.6 Å². The summed E-state index contributed by atoms with van der Waals surface area (Å²) in [6.45, 7) is 3.98. The fourth-order valence-electron chi connectivity index (χ4n) is 2.70. The van der Waals surface area contributed by atoms with E-state index in [1.165, 1.54) is 40.6 Å². The fourth-order valence-corrected chi connectivity index (χ4v) is 2.70. The van der Waals surface area contributed by atoms with E-state index in [0.29, 0.717) is 29.2 Å². The molecule has 0 radical (unpaired) electrons. The van der Waals surface area contributed by atoms with E-state index in [1.54, 1.807) is 0 Å². The van der Waals surface area contributed by atoms with Crippen LogP contribution in [-0.2, 0) is 14.3 Å². The molecule has 1 aromatic carbocycles. The van der Waals surface area contributed by atoms with Crippen molar-refractivity contribution in [2.45, 2.75) is 32.7 Å². The van der Waals surface area contributed by atoms with Gasteiger partial charge >= 0.3 is 5.97 Å². The molecule has 29 heavy (non-hydrogen) atoms. The number of esters is 1. The Hall–Kier alpha value is -2.97. The van der Waals surface area contributed by atoms with E-state index in [9.17, 15) is 14.4 Å². The standard InChI is InChI=1S/C20H30N2O7/c1-12(2)9-14(20(25)29-6)22-17(23)7-8-21-19(24)13-10-15(26-3)18(28-5)16(11-13)27-4/h10-12,14H,7-9H2,1-6H3,(H,21,24)(H,22,23). The highest BCUT2D eigenvalue weighted by molar-refractivity contribution is 5.96. The van der Waals surface area contributed by atoms with Gasteiger partial charge in [-0.3, -0.25) is 9.59 Å². The van der Waals surface area contributed by atoms with E-state index in [0.717, 1.165) is 0 Å². The third kappa shape index (κ3) is 7.17. The molecule has 0 aliphatic carbocycles. The van der Waals surface area contributed by atoms with Gasteiger partial charge in [0.2, 0.25) is 11.7 Å². The first-order valence-corrected chi connectivity index (χ1v) is 9.22. The molecule has 0 fully saturated rings. The van der Waals surface area contributed by atoms with Gasteiger partial charge in [0, 0.05) is 18.5 Å². The minimum Gasteiger partial charge on any atom is -0.493 e. The predicted molar refractivity (Wildman–Crippen MR) is 106 cm³/mol. The van der Waals surface area contributed by atoms with Crippen molar-refractivity contribution in [2.24, 2.45) is 5.92 Å². The van der Waals surface area contributed by atoms with Crippen LogP contribution >= 0.6 is 0 Å². The normalized spacial score (nSPS) is 11.4. The van der Waals surface area contributed by atoms with Gasteiger partial charge in [0.1, 0.15) is 6.04 Å². The first-order valence-electron chi connectivity index (χ1n) is 9.22. The zero-order valence-corrected chi connectivity index (χ0v) is 17.8. The molecule has 1 aromatic rings. The number of nitrogens with one attached hydrogen (secondary N) is 2. The van der Waals surface area contributed by atoms with Crippen LogP contribution in [0.2, 0.25) is 0 Å². The highest BCUT2D eigenvalue weighted by Crippen LogP contribution is 2.38. The summed E-state index contributed by atoms with van der Waals surface area (Å²) in [5.74, 6) is 0.0428. The number of benzene rings is 1. The molecule has 0 bridgehead atoms. The lowest BCUT2D eigenvalue weighted by atomic mass is 10.0. The third-order valence-corrected chi connectivity index (χ3v) is 4.09. The van der Waals surface area contributed by atoms with Gasteiger partial charge in [-0.25, -0.2) is 4.79 Å². The quantitative estimate of drug-likeness (QED) is 0.532. The Bertz CT molecular complexity index is 694. The van der Waals surface area contributed by atoms with Crippen molar-refractivity contribution in [3.05, 3.63) is 17.7 Å². The average Bonchev–Trinajstić information content (AvgIpc) is 2.70. The van der Waals surface area contributed by atoms with E-state index >= 15 is 0 Å². The van der Waals surface area contributed by atoms with Crippen molar-refractivity contribution in [3.8, 4) is 17.2 Å². The van der Waals surface area contributed by atoms with Crippen LogP contribution in [0.25, 0.3) is 0 Å². The first-order chi connectivity index (χ1) is 13.8. The lowest BCUT2D eigenvalue weighted by Crippen LogP contribution is -2.43. The third-order valence-electron chi connectivity index (χ3n) is 4.09. The molecule has 9 heteroatoms. The Morgan fingerprint density at radius 2 is 1.55 bits per heavy atom. The topological polar surface area (TPSA) is 112 Å². The fraction of sp³-hybridized carbons (Fsp3) is 0.550. The Labute approximate surface area is 171 Å². The summed E-state index contributed by atoms with van der Waals surface area (Å²) < 4.78 is 20.4. The minimum absolute atomic E-state index is 0.0156. The Kier molecular flexibility index (Phi) is 9.78. The summed E-state index contributed by atoms with van der Waals surface area (Å²) in [4.78, 5) is 36.3. The molecular formula is C20H30N2O7. The molecular weight excluding hydrogens is 380 g/mol. The van der Waals surface area contributed by atoms with Crippen molar-refractivity contribution in [1.29, 1.82) is 0 Å². The second kappa shape index (κ2) is 11.8. The van der Waals surface area contributed by atoms with Gasteiger partial charge in [0.05, 0.1) is 28.4 Å². The van der Waals surface area contributed by atoms with Crippen LogP contribution < -0.4 is 24.8 Å². The maximum atomic E-state index is 12.4. The van der Waals surface area contributed by atoms with Gasteiger partial charge in [-0.1, -0.05) is 13.8 Å². The lowest BCUT2D eigenvalue weighted by Gasteiger charge is -2.18. The highest BCUT2D eigenvalue weighted by Gasteiger charge is 2.22. The number of methoxy groups -OCH3 is 4. The van der Waals surface area contributed by atoms with Crippen LogP contribution in [0.5, 0.6) is 17.2 Å². The molecule has 9 nitrogen and oxygen atoms in total. The Balaban J connectivity index is 2.68. The molecule has 0 saturated heterocycles. The molecule has 162 valence electrons. The maximum Gasteiger partial charge on any atom is 0.328 e. The SMILES string of the molecule is COC(=O)C(CC(C)C)NC(=O)CCNC(=O)c1cc(OC)c(OC)c(OC)c1. The number of carbonyl (C=O) groups excluding carboxylic acids is 3. The van der Waals surface area contributed by atoms with Crippen LogP contribution in [0.3, 0.4) is 0 Å². The van der Waals surface area contributed by atoms with Crippen molar-refractivity contribution >= 4 is 17.8 Å². The van der Waals surface area contributed by atoms with E-state index < -0.39 is 17.9 Å². The number of carbonyl (C=O) groups is 3. The van der Waals surface area contributed by atoms with E-state index in [-0.39, 0.29) is 24.8 Å². The summed E-state index contributed by atoms with van der Waals surface area (Å²) in [5, 5.41) is 5.30. The molecule has 0 saturated carbocycles. The van der Waals surface area contributed by atoms with Crippen molar-refractivity contribution in [3.63, 3.8) is 0 Å². The second-order valence-corrected chi connectivity index (χ2v) is 6.69. The Morgan fingerprint density at radius 1 is 0.966 bits per heavy atom. The summed E-state index contributed by atoms with van der Waals surface area (Å²) in [6, 6.07) is 2.33. The molecule has 0 heterocycles. The molecule has 1 atom stereocenters. The molecule has 0 aromatic heterocycles. The van der Waals surface area contributed by atoms with Crippen molar-refractivity contribution < 1.29 is 33.3 Å². The van der Waals surface area contributed by atoms with E-state index in [1.807, 2.05) is 13.8 Å². The van der Waals surface area contributed by atoms with E-state index in [4.69, 9.17) is 18.9 Å². The van der Waals surface area contributed by atoms with Gasteiger partial charge < -0.3 is 29.6 Å². The van der Waals surface area contributed by atoms with Gasteiger partial charge in [-0.15, -0.1) is 0 Å². The summed E-state index contributed by atoms with van der Waals surface area (Å²) in [5.41, 5.74) is 0.298. The molecule has 2 N–H and O–H groups in total. The smallest absolute Gasteiger partial charge is 0.328 e. The lowest BCUT2D eigenvalue weighted by molar-refractivity contribution is -0.145. The molecule has 0 aliphatic heterocycles. The summed E-state index contributed by atoms with van der Waals surface area (Å²) in [7, 11) is 5.66. The number of hydrogen-bond donors (Lipinski definition) is 2. The second-order valence-electron chi connectivity index (χ2n) is 6.69. The largest absolute Gasteiger partial charge is 0.493 e. The average molecular weight is 410 g/mol. The maximum absolute atomic E-state index is 12.4. The zero-order valence-electron chi connectivity index (χ0n) is 17.8. The number of hydrogen-bond acceptors (Lipinski definition) is 7. The number of ether oxygens (including phenoxy) is 4. The predicted octanol–water partition coefficient (Wildman–Crippen LogP) is 1.54. The molecule has 1 rings (SSSR count). The number of rotatable bonds is 11. The molecule has 1 unspecified atom stereocenters. The molecule has 0 spiro atoms. The van der Waals surface area contributed by atoms with Crippen LogP contribution in [-0.4, -0.2) is 58.8 Å². The van der Waals surface area contributed by atoms with Crippen LogP contribution in [0.15, 0.2) is 12.1 Å². The van der Waals surface area contributed by atoms with Crippen LogP contribution in [0, 0.1) is 5.92 Å². The van der Waals surface area contributed by atoms with Crippen LogP contribution in [0.4, 0.5) is 0 Å². The monoisotopic (exact) mass is 410 g/mol. The van der Waals surface area contributed by atoms with E-state index in [2.05, 4.69) is 10.6 Å². The molecule has 0 aliphatic rings. The van der Waals surface area contributed by atoms with Gasteiger partial charge in [-0.2, -0.15) is 0 Å². The molecule has 2 amide bonds. The number of amides is 2. The Morgan fingerprint density at radius 3 is 2.00 bits per heavy atom. The summed E-state index contributed by atoms with van der Waals surface area (Å²) >= 11 is 0. The van der Waals surface area contributed by atoms with Gasteiger partial charge in [0.15, 0.2) is 11.5 Å². The van der Waals surface area contributed by atoms with Crippen LogP contribution in [0.1, 0.15) is 37.0 Å². The minimum atomic E-state index is -0.710.